The van der Waals surface area contributed by atoms with E-state index in [9.17, 15) is 14.7 Å². The number of imidazole rings is 1. The number of nitrogens with one attached hydrogen (secondary N) is 2. The maximum absolute atomic E-state index is 12.8. The molecule has 1 unspecified atom stereocenters. The molecule has 1 aliphatic heterocycles. The van der Waals surface area contributed by atoms with Crippen molar-refractivity contribution in [2.75, 3.05) is 18.0 Å². The monoisotopic (exact) mass is 447 g/mol. The van der Waals surface area contributed by atoms with Crippen LogP contribution in [0.3, 0.4) is 0 Å². The molecule has 12 heteroatoms. The number of aromatic carboxylic acids is 1. The molecule has 7 N–H and O–H groups in total. The molecule has 1 saturated heterocycles. The van der Waals surface area contributed by atoms with Gasteiger partial charge in [-0.05, 0) is 25.5 Å². The number of piperidine rings is 1. The van der Waals surface area contributed by atoms with E-state index in [0.717, 1.165) is 25.6 Å². The van der Waals surface area contributed by atoms with Crippen LogP contribution in [0.15, 0.2) is 18.5 Å². The lowest BCUT2D eigenvalue weighted by Gasteiger charge is -2.22. The molecule has 11 nitrogen and oxygen atoms in total. The number of H-pyrrole nitrogens is 1. The van der Waals surface area contributed by atoms with Gasteiger partial charge in [0.25, 0.3) is 0 Å². The number of aromatic nitrogens is 4. The van der Waals surface area contributed by atoms with Crippen molar-refractivity contribution in [2.45, 2.75) is 31.7 Å². The highest BCUT2D eigenvalue weighted by Crippen LogP contribution is 2.28. The van der Waals surface area contributed by atoms with E-state index in [1.165, 1.54) is 18.7 Å². The first-order chi connectivity index (χ1) is 14.4. The van der Waals surface area contributed by atoms with Crippen molar-refractivity contribution in [1.82, 2.24) is 25.3 Å². The average molecular weight is 448 g/mol. The Balaban J connectivity index is 0.00000272. The second kappa shape index (κ2) is 9.14. The number of hydrogen-bond acceptors (Lipinski definition) is 9. The third-order valence-electron chi connectivity index (χ3n) is 5.04. The Morgan fingerprint density at radius 3 is 2.77 bits per heavy atom. The van der Waals surface area contributed by atoms with Gasteiger partial charge in [0.05, 0.1) is 23.0 Å². The molecule has 0 radical (unpaired) electrons. The number of carbonyl (C=O) groups is 2. The van der Waals surface area contributed by atoms with Crippen LogP contribution in [0.2, 0.25) is 0 Å². The number of aromatic amines is 1. The van der Waals surface area contributed by atoms with Gasteiger partial charge in [0, 0.05) is 18.7 Å². The smallest absolute Gasteiger partial charge is 0.345 e. The third-order valence-corrected chi connectivity index (χ3v) is 5.04. The second-order valence-corrected chi connectivity index (χ2v) is 7.08. The first kappa shape index (κ1) is 22.2. The number of nitrogens with zero attached hydrogens (tertiary/aromatic N) is 3. The van der Waals surface area contributed by atoms with Gasteiger partial charge in [-0.1, -0.05) is 6.42 Å². The Morgan fingerprint density at radius 1 is 1.26 bits per heavy atom. The zero-order valence-corrected chi connectivity index (χ0v) is 17.2. The predicted molar refractivity (Wildman–Crippen MR) is 115 cm³/mol. The SMILES string of the molecule is Cl.Nc1ncc(OC(=O)c2ccnc3nc(CC4CCCCN4)[nH]c23)c(C(=O)O)c1N. The summed E-state index contributed by atoms with van der Waals surface area (Å²) in [5, 5.41) is 12.9. The Hall–Kier alpha value is -3.44. The molecule has 164 valence electrons. The lowest BCUT2D eigenvalue weighted by molar-refractivity contribution is 0.0682. The molecule has 0 bridgehead atoms. The number of nitrogen functional groups attached to an aromatic ring is 2. The van der Waals surface area contributed by atoms with E-state index in [2.05, 4.69) is 25.3 Å². The van der Waals surface area contributed by atoms with Crippen LogP contribution in [0.25, 0.3) is 11.2 Å². The standard InChI is InChI=1S/C19H21N7O4.ClH/c20-14-13(18(27)28)11(8-24-16(14)21)30-19(29)10-4-6-23-17-15(10)25-12(26-17)7-9-3-1-2-5-22-9;/h4,6,8-9,22H,1-3,5,7,20H2,(H2,21,24)(H,27,28)(H,23,25,26);1H. The van der Waals surface area contributed by atoms with Gasteiger partial charge < -0.3 is 31.6 Å². The highest BCUT2D eigenvalue weighted by atomic mass is 35.5. The molecule has 4 heterocycles. The molecule has 0 aromatic carbocycles. The van der Waals surface area contributed by atoms with Crippen LogP contribution in [0, 0.1) is 0 Å². The number of ether oxygens (including phenoxy) is 1. The first-order valence-electron chi connectivity index (χ1n) is 9.50. The molecule has 1 fully saturated rings. The van der Waals surface area contributed by atoms with E-state index in [0.29, 0.717) is 29.5 Å². The third kappa shape index (κ3) is 4.52. The van der Waals surface area contributed by atoms with E-state index >= 15 is 0 Å². The van der Waals surface area contributed by atoms with Crippen LogP contribution in [0.5, 0.6) is 5.75 Å². The normalized spacial score (nSPS) is 15.9. The molecular weight excluding hydrogens is 426 g/mol. The van der Waals surface area contributed by atoms with Crippen LogP contribution < -0.4 is 21.5 Å². The zero-order chi connectivity index (χ0) is 21.3. The maximum atomic E-state index is 12.8. The fourth-order valence-electron chi connectivity index (χ4n) is 3.53. The van der Waals surface area contributed by atoms with Crippen molar-refractivity contribution in [3.05, 3.63) is 35.4 Å². The van der Waals surface area contributed by atoms with Crippen molar-refractivity contribution in [2.24, 2.45) is 0 Å². The molecule has 0 spiro atoms. The number of halogens is 1. The largest absolute Gasteiger partial charge is 0.477 e. The van der Waals surface area contributed by atoms with Gasteiger partial charge in [0.2, 0.25) is 0 Å². The van der Waals surface area contributed by atoms with Crippen LogP contribution in [-0.4, -0.2) is 49.6 Å². The fraction of sp³-hybridized carbons (Fsp3) is 0.316. The number of nitrogens with two attached hydrogens (primary N) is 2. The van der Waals surface area contributed by atoms with Gasteiger partial charge in [0.1, 0.15) is 17.2 Å². The van der Waals surface area contributed by atoms with Gasteiger partial charge in [-0.2, -0.15) is 0 Å². The van der Waals surface area contributed by atoms with Gasteiger partial charge in [0.15, 0.2) is 11.4 Å². The molecule has 1 aliphatic rings. The summed E-state index contributed by atoms with van der Waals surface area (Å²) in [6.45, 7) is 0.978. The maximum Gasteiger partial charge on any atom is 0.345 e. The highest BCUT2D eigenvalue weighted by Gasteiger charge is 2.24. The Morgan fingerprint density at radius 2 is 2.06 bits per heavy atom. The summed E-state index contributed by atoms with van der Waals surface area (Å²) in [5.74, 6) is -1.92. The minimum atomic E-state index is -1.38. The highest BCUT2D eigenvalue weighted by molar-refractivity contribution is 6.04. The molecular formula is C19H22ClN7O4. The summed E-state index contributed by atoms with van der Waals surface area (Å²) < 4.78 is 5.29. The average Bonchev–Trinajstić information content (AvgIpc) is 3.13. The molecule has 4 rings (SSSR count). The summed E-state index contributed by atoms with van der Waals surface area (Å²) in [5.41, 5.74) is 11.5. The van der Waals surface area contributed by atoms with Crippen molar-refractivity contribution < 1.29 is 19.4 Å². The Bertz CT molecular complexity index is 1130. The first-order valence-corrected chi connectivity index (χ1v) is 9.50. The Labute approximate surface area is 183 Å². The number of carbonyl (C=O) groups excluding carboxylic acids is 1. The number of pyridine rings is 2. The zero-order valence-electron chi connectivity index (χ0n) is 16.4. The number of anilines is 2. The van der Waals surface area contributed by atoms with Gasteiger partial charge in [-0.3, -0.25) is 0 Å². The fourth-order valence-corrected chi connectivity index (χ4v) is 3.53. The predicted octanol–water partition coefficient (Wildman–Crippen LogP) is 1.54. The van der Waals surface area contributed by atoms with Crippen molar-refractivity contribution in [1.29, 1.82) is 0 Å². The lowest BCUT2D eigenvalue weighted by atomic mass is 10.0. The molecule has 1 atom stereocenters. The number of esters is 1. The van der Waals surface area contributed by atoms with E-state index < -0.39 is 17.5 Å². The van der Waals surface area contributed by atoms with Crippen LogP contribution in [0.4, 0.5) is 11.5 Å². The summed E-state index contributed by atoms with van der Waals surface area (Å²) in [7, 11) is 0. The lowest BCUT2D eigenvalue weighted by Crippen LogP contribution is -2.35. The topological polar surface area (TPSA) is 182 Å². The van der Waals surface area contributed by atoms with E-state index in [4.69, 9.17) is 16.2 Å². The van der Waals surface area contributed by atoms with Crippen LogP contribution >= 0.6 is 12.4 Å². The van der Waals surface area contributed by atoms with Gasteiger partial charge in [-0.25, -0.2) is 24.5 Å². The number of fused-ring (bicyclic) bond motifs is 1. The van der Waals surface area contributed by atoms with Crippen molar-refractivity contribution >= 4 is 47.0 Å². The molecule has 0 aliphatic carbocycles. The minimum absolute atomic E-state index is 0. The number of rotatable bonds is 5. The van der Waals surface area contributed by atoms with Gasteiger partial charge in [-0.15, -0.1) is 12.4 Å². The molecule has 0 amide bonds. The summed E-state index contributed by atoms with van der Waals surface area (Å²) in [6.07, 6.45) is 6.57. The summed E-state index contributed by atoms with van der Waals surface area (Å²) >= 11 is 0. The van der Waals surface area contributed by atoms with E-state index in [1.807, 2.05) is 0 Å². The van der Waals surface area contributed by atoms with E-state index in [1.54, 1.807) is 0 Å². The molecule has 0 saturated carbocycles. The van der Waals surface area contributed by atoms with Crippen LogP contribution in [0.1, 0.15) is 45.8 Å². The summed E-state index contributed by atoms with van der Waals surface area (Å²) in [6, 6.07) is 1.79. The second-order valence-electron chi connectivity index (χ2n) is 7.08. The summed E-state index contributed by atoms with van der Waals surface area (Å²) in [4.78, 5) is 39.9. The molecule has 3 aromatic rings. The van der Waals surface area contributed by atoms with Gasteiger partial charge >= 0.3 is 11.9 Å². The number of carboxylic acid groups (broad SMARTS) is 1. The molecule has 31 heavy (non-hydrogen) atoms. The number of hydrogen-bond donors (Lipinski definition) is 5. The number of carboxylic acids is 1. The van der Waals surface area contributed by atoms with Crippen molar-refractivity contribution in [3.63, 3.8) is 0 Å². The van der Waals surface area contributed by atoms with Crippen molar-refractivity contribution in [3.8, 4) is 5.75 Å². The quantitative estimate of drug-likeness (QED) is 0.359. The van der Waals surface area contributed by atoms with E-state index in [-0.39, 0.29) is 35.2 Å². The van der Waals surface area contributed by atoms with Crippen LogP contribution in [-0.2, 0) is 6.42 Å². The Kier molecular flexibility index (Phi) is 6.56. The molecule has 3 aromatic heterocycles. The minimum Gasteiger partial charge on any atom is -0.477 e.